The summed E-state index contributed by atoms with van der Waals surface area (Å²) in [5.74, 6) is 0. The molecule has 0 spiro atoms. The molecule has 1 aromatic heterocycles. The van der Waals surface area contributed by atoms with E-state index in [2.05, 4.69) is 34.6 Å². The quantitative estimate of drug-likeness (QED) is 0.611. The predicted octanol–water partition coefficient (Wildman–Crippen LogP) is 5.44. The van der Waals surface area contributed by atoms with Crippen LogP contribution < -0.4 is 0 Å². The Labute approximate surface area is 121 Å². The Kier molecular flexibility index (Phi) is 3.36. The van der Waals surface area contributed by atoms with Crippen molar-refractivity contribution in [2.45, 2.75) is 6.92 Å². The number of rotatable bonds is 2. The number of hydrogen-bond donors (Lipinski definition) is 0. The molecule has 0 saturated carbocycles. The molecule has 1 nitrogen and oxygen atoms in total. The molecule has 0 saturated heterocycles. The van der Waals surface area contributed by atoms with Crippen LogP contribution in [-0.2, 0) is 0 Å². The summed E-state index contributed by atoms with van der Waals surface area (Å²) in [6, 6.07) is 16.3. The molecule has 3 aromatic rings. The van der Waals surface area contributed by atoms with Crippen molar-refractivity contribution in [3.05, 3.63) is 63.9 Å². The molecule has 0 aliphatic heterocycles. The van der Waals surface area contributed by atoms with Crippen LogP contribution in [0.1, 0.15) is 5.01 Å². The molecule has 19 heavy (non-hydrogen) atoms. The third kappa shape index (κ3) is 2.70. The number of hydrogen-bond acceptors (Lipinski definition) is 2. The average Bonchev–Trinajstić information content (AvgIpc) is 2.87. The molecule has 0 N–H and O–H groups in total. The van der Waals surface area contributed by atoms with Gasteiger partial charge in [-0.3, -0.25) is 0 Å². The zero-order chi connectivity index (χ0) is 13.2. The van der Waals surface area contributed by atoms with E-state index in [4.69, 9.17) is 11.6 Å². The van der Waals surface area contributed by atoms with Crippen molar-refractivity contribution >= 4 is 22.9 Å². The van der Waals surface area contributed by atoms with Crippen LogP contribution in [-0.4, -0.2) is 4.98 Å². The van der Waals surface area contributed by atoms with Crippen molar-refractivity contribution in [3.63, 3.8) is 0 Å². The maximum Gasteiger partial charge on any atom is 0.0901 e. The molecule has 3 rings (SSSR count). The fourth-order valence-corrected chi connectivity index (χ4v) is 2.72. The van der Waals surface area contributed by atoms with E-state index in [0.717, 1.165) is 21.3 Å². The standard InChI is InChI=1S/C16H12ClNS/c1-11-18-16(10-19-11)14-4-2-12(3-5-14)13-6-8-15(17)9-7-13/h2-10H,1H3. The number of halogens is 1. The average molecular weight is 286 g/mol. The molecule has 3 heteroatoms. The lowest BCUT2D eigenvalue weighted by Crippen LogP contribution is -1.80. The zero-order valence-corrected chi connectivity index (χ0v) is 12.0. The van der Waals surface area contributed by atoms with Gasteiger partial charge in [0, 0.05) is 16.0 Å². The summed E-state index contributed by atoms with van der Waals surface area (Å²) in [5, 5.41) is 3.95. The highest BCUT2D eigenvalue weighted by Gasteiger charge is 2.03. The Morgan fingerprint density at radius 3 is 1.89 bits per heavy atom. The highest BCUT2D eigenvalue weighted by molar-refractivity contribution is 7.09. The smallest absolute Gasteiger partial charge is 0.0901 e. The monoisotopic (exact) mass is 285 g/mol. The van der Waals surface area contributed by atoms with Crippen LogP contribution in [0.25, 0.3) is 22.4 Å². The largest absolute Gasteiger partial charge is 0.242 e. The molecule has 0 aliphatic carbocycles. The minimum absolute atomic E-state index is 0.762. The number of aromatic nitrogens is 1. The maximum atomic E-state index is 5.90. The third-order valence-electron chi connectivity index (χ3n) is 2.98. The maximum absolute atomic E-state index is 5.90. The molecule has 1 heterocycles. The van der Waals surface area contributed by atoms with Gasteiger partial charge in [-0.15, -0.1) is 11.3 Å². The first kappa shape index (κ1) is 12.4. The van der Waals surface area contributed by atoms with Crippen LogP contribution in [0.2, 0.25) is 5.02 Å². The van der Waals surface area contributed by atoms with E-state index in [1.807, 2.05) is 31.2 Å². The van der Waals surface area contributed by atoms with Gasteiger partial charge < -0.3 is 0 Å². The van der Waals surface area contributed by atoms with E-state index in [-0.39, 0.29) is 0 Å². The van der Waals surface area contributed by atoms with Crippen LogP contribution in [0.15, 0.2) is 53.9 Å². The summed E-state index contributed by atoms with van der Waals surface area (Å²) in [5.41, 5.74) is 4.56. The van der Waals surface area contributed by atoms with Crippen molar-refractivity contribution in [3.8, 4) is 22.4 Å². The van der Waals surface area contributed by atoms with Crippen LogP contribution in [0, 0.1) is 6.92 Å². The number of nitrogens with zero attached hydrogens (tertiary/aromatic N) is 1. The van der Waals surface area contributed by atoms with Crippen molar-refractivity contribution < 1.29 is 0 Å². The SMILES string of the molecule is Cc1nc(-c2ccc(-c3ccc(Cl)cc3)cc2)cs1. The molecule has 0 amide bonds. The topological polar surface area (TPSA) is 12.9 Å². The molecule has 0 unspecified atom stereocenters. The number of benzene rings is 2. The highest BCUT2D eigenvalue weighted by atomic mass is 35.5. The number of thiazole rings is 1. The summed E-state index contributed by atoms with van der Waals surface area (Å²) in [6.07, 6.45) is 0. The van der Waals surface area contributed by atoms with E-state index < -0.39 is 0 Å². The Morgan fingerprint density at radius 1 is 0.842 bits per heavy atom. The van der Waals surface area contributed by atoms with Crippen LogP contribution in [0.3, 0.4) is 0 Å². The summed E-state index contributed by atoms with van der Waals surface area (Å²) < 4.78 is 0. The molecule has 94 valence electrons. The normalized spacial score (nSPS) is 10.6. The van der Waals surface area contributed by atoms with Gasteiger partial charge in [-0.1, -0.05) is 48.0 Å². The first-order chi connectivity index (χ1) is 9.22. The third-order valence-corrected chi connectivity index (χ3v) is 4.00. The fourth-order valence-electron chi connectivity index (χ4n) is 1.97. The lowest BCUT2D eigenvalue weighted by atomic mass is 10.0. The van der Waals surface area contributed by atoms with E-state index in [1.165, 1.54) is 11.1 Å². The van der Waals surface area contributed by atoms with Gasteiger partial charge in [-0.25, -0.2) is 4.98 Å². The van der Waals surface area contributed by atoms with E-state index in [1.54, 1.807) is 11.3 Å². The van der Waals surface area contributed by atoms with Gasteiger partial charge in [-0.05, 0) is 30.2 Å². The first-order valence-electron chi connectivity index (χ1n) is 6.01. The second-order valence-corrected chi connectivity index (χ2v) is 5.83. The first-order valence-corrected chi connectivity index (χ1v) is 7.27. The van der Waals surface area contributed by atoms with E-state index >= 15 is 0 Å². The Balaban J connectivity index is 1.92. The molecule has 0 aliphatic rings. The van der Waals surface area contributed by atoms with E-state index in [9.17, 15) is 0 Å². The van der Waals surface area contributed by atoms with Crippen molar-refractivity contribution in [1.82, 2.24) is 4.98 Å². The molecule has 2 aromatic carbocycles. The van der Waals surface area contributed by atoms with Crippen molar-refractivity contribution in [2.24, 2.45) is 0 Å². The minimum Gasteiger partial charge on any atom is -0.242 e. The van der Waals surface area contributed by atoms with Crippen LogP contribution in [0.4, 0.5) is 0 Å². The second kappa shape index (κ2) is 5.16. The Bertz CT molecular complexity index is 684. The van der Waals surface area contributed by atoms with Gasteiger partial charge in [0.1, 0.15) is 0 Å². The molecule has 0 radical (unpaired) electrons. The molecular weight excluding hydrogens is 274 g/mol. The van der Waals surface area contributed by atoms with Crippen LogP contribution >= 0.6 is 22.9 Å². The molecule has 0 atom stereocenters. The zero-order valence-electron chi connectivity index (χ0n) is 10.4. The predicted molar refractivity (Wildman–Crippen MR) is 82.7 cm³/mol. The summed E-state index contributed by atoms with van der Waals surface area (Å²) in [4.78, 5) is 4.50. The van der Waals surface area contributed by atoms with Gasteiger partial charge in [-0.2, -0.15) is 0 Å². The van der Waals surface area contributed by atoms with Gasteiger partial charge in [0.15, 0.2) is 0 Å². The fraction of sp³-hybridized carbons (Fsp3) is 0.0625. The summed E-state index contributed by atoms with van der Waals surface area (Å²) in [7, 11) is 0. The van der Waals surface area contributed by atoms with Gasteiger partial charge >= 0.3 is 0 Å². The van der Waals surface area contributed by atoms with E-state index in [0.29, 0.717) is 0 Å². The summed E-state index contributed by atoms with van der Waals surface area (Å²) in [6.45, 7) is 2.02. The lowest BCUT2D eigenvalue weighted by Gasteiger charge is -2.03. The second-order valence-electron chi connectivity index (χ2n) is 4.34. The van der Waals surface area contributed by atoms with Crippen molar-refractivity contribution in [1.29, 1.82) is 0 Å². The Hall–Kier alpha value is -1.64. The van der Waals surface area contributed by atoms with Gasteiger partial charge in [0.05, 0.1) is 10.7 Å². The molecular formula is C16H12ClNS. The molecule has 0 bridgehead atoms. The van der Waals surface area contributed by atoms with Crippen LogP contribution in [0.5, 0.6) is 0 Å². The summed E-state index contributed by atoms with van der Waals surface area (Å²) >= 11 is 7.58. The van der Waals surface area contributed by atoms with Gasteiger partial charge in [0.2, 0.25) is 0 Å². The minimum atomic E-state index is 0.762. The molecule has 0 fully saturated rings. The van der Waals surface area contributed by atoms with Crippen molar-refractivity contribution in [2.75, 3.05) is 0 Å². The number of aryl methyl sites for hydroxylation is 1. The Morgan fingerprint density at radius 2 is 1.37 bits per heavy atom. The highest BCUT2D eigenvalue weighted by Crippen LogP contribution is 2.26. The van der Waals surface area contributed by atoms with Gasteiger partial charge in [0.25, 0.3) is 0 Å². The lowest BCUT2D eigenvalue weighted by molar-refractivity contribution is 1.30.